The molecule has 3 aromatic rings. The number of Topliss-reactive ketones (excluding diaryl/α,β-unsaturated/α-hetero) is 1. The highest BCUT2D eigenvalue weighted by atomic mass is 19.4. The van der Waals surface area contributed by atoms with Crippen LogP contribution in [0.25, 0.3) is 27.8 Å². The van der Waals surface area contributed by atoms with E-state index in [1.54, 1.807) is 18.3 Å². The van der Waals surface area contributed by atoms with Crippen LogP contribution in [0.2, 0.25) is 0 Å². The number of ketones is 1. The van der Waals surface area contributed by atoms with Crippen molar-refractivity contribution in [2.45, 2.75) is 51.2 Å². The van der Waals surface area contributed by atoms with Gasteiger partial charge in [0.05, 0.1) is 30.4 Å². The molecule has 0 unspecified atom stereocenters. The maximum atomic E-state index is 12.8. The van der Waals surface area contributed by atoms with Crippen molar-refractivity contribution in [3.8, 4) is 11.3 Å². The van der Waals surface area contributed by atoms with Crippen molar-refractivity contribution in [3.05, 3.63) is 70.8 Å². The molecule has 1 aliphatic carbocycles. The maximum Gasteiger partial charge on any atom is 0.390 e. The van der Waals surface area contributed by atoms with Gasteiger partial charge in [-0.1, -0.05) is 24.3 Å². The molecule has 0 amide bonds. The predicted octanol–water partition coefficient (Wildman–Crippen LogP) is 6.73. The Morgan fingerprint density at radius 2 is 2.09 bits per heavy atom. The third-order valence-corrected chi connectivity index (χ3v) is 6.09. The molecule has 8 heteroatoms. The second-order valence-corrected chi connectivity index (χ2v) is 8.78. The monoisotopic (exact) mass is 466 g/mol. The Hall–Kier alpha value is -3.60. The van der Waals surface area contributed by atoms with Crippen molar-refractivity contribution >= 4 is 23.2 Å². The number of nitrogens with zero attached hydrogens (tertiary/aromatic N) is 3. The number of benzene rings is 1. The number of anilines is 1. The summed E-state index contributed by atoms with van der Waals surface area (Å²) in [4.78, 5) is 20.9. The second kappa shape index (κ2) is 8.98. The molecule has 1 aliphatic rings. The highest BCUT2D eigenvalue weighted by Gasteiger charge is 2.52. The van der Waals surface area contributed by atoms with E-state index in [1.165, 1.54) is 0 Å². The first-order chi connectivity index (χ1) is 16.1. The summed E-state index contributed by atoms with van der Waals surface area (Å²) in [5.41, 5.74) is 4.38. The number of hydrogen-bond acceptors (Lipinski definition) is 3. The standard InChI is InChI=1S/C26H25F3N4O/c1-4-5-18-13-21(31-11-10-26(27,28)29)24-32-15-22(33(24)16-18)19-6-7-20(17(2)12-19)23(34)14-25(30-3)8-9-25/h4-7,12-13,15-16,31H,8-11,14H2,1-2H3/b5-4+. The van der Waals surface area contributed by atoms with Gasteiger partial charge in [0, 0.05) is 36.7 Å². The smallest absolute Gasteiger partial charge is 0.382 e. The fourth-order valence-electron chi connectivity index (χ4n) is 4.08. The van der Waals surface area contributed by atoms with Crippen LogP contribution >= 0.6 is 0 Å². The van der Waals surface area contributed by atoms with Crippen LogP contribution in [0.4, 0.5) is 18.9 Å². The Balaban J connectivity index is 1.67. The van der Waals surface area contributed by atoms with Crippen LogP contribution in [0.1, 0.15) is 54.1 Å². The van der Waals surface area contributed by atoms with Gasteiger partial charge in [-0.05, 0) is 37.1 Å². The molecule has 1 aromatic carbocycles. The molecule has 4 rings (SSSR count). The molecule has 2 heterocycles. The van der Waals surface area contributed by atoms with E-state index in [-0.39, 0.29) is 18.7 Å². The van der Waals surface area contributed by atoms with Gasteiger partial charge in [-0.2, -0.15) is 13.2 Å². The summed E-state index contributed by atoms with van der Waals surface area (Å²) in [5, 5.41) is 2.87. The van der Waals surface area contributed by atoms with Crippen LogP contribution in [0.5, 0.6) is 0 Å². The third-order valence-electron chi connectivity index (χ3n) is 6.09. The average molecular weight is 467 g/mol. The number of aryl methyl sites for hydroxylation is 1. The number of carbonyl (C=O) groups is 1. The molecule has 1 saturated carbocycles. The molecule has 0 saturated heterocycles. The number of imidazole rings is 1. The number of hydrogen-bond donors (Lipinski definition) is 1. The molecule has 34 heavy (non-hydrogen) atoms. The van der Waals surface area contributed by atoms with Crippen molar-refractivity contribution in [3.63, 3.8) is 0 Å². The van der Waals surface area contributed by atoms with Gasteiger partial charge in [0.2, 0.25) is 5.54 Å². The first-order valence-corrected chi connectivity index (χ1v) is 11.1. The summed E-state index contributed by atoms with van der Waals surface area (Å²) in [6.45, 7) is 10.8. The van der Waals surface area contributed by atoms with E-state index < -0.39 is 18.1 Å². The van der Waals surface area contributed by atoms with Crippen molar-refractivity contribution in [1.82, 2.24) is 9.38 Å². The number of fused-ring (bicyclic) bond motifs is 1. The van der Waals surface area contributed by atoms with Crippen LogP contribution in [-0.2, 0) is 0 Å². The van der Waals surface area contributed by atoms with Gasteiger partial charge in [0.25, 0.3) is 0 Å². The van der Waals surface area contributed by atoms with E-state index in [0.717, 1.165) is 35.2 Å². The lowest BCUT2D eigenvalue weighted by atomic mass is 9.96. The lowest BCUT2D eigenvalue weighted by molar-refractivity contribution is -0.131. The SMILES string of the molecule is [C-]#[N+]C1(CC(=O)c2ccc(-c3cnc4c(NCCC(F)(F)F)cc(/C=C/C)cn34)cc2C)CC1. The fraction of sp³-hybridized carbons (Fsp3) is 0.346. The summed E-state index contributed by atoms with van der Waals surface area (Å²) < 4.78 is 39.7. The fourth-order valence-corrected chi connectivity index (χ4v) is 4.08. The predicted molar refractivity (Wildman–Crippen MR) is 127 cm³/mol. The molecule has 0 bridgehead atoms. The lowest BCUT2D eigenvalue weighted by Gasteiger charge is -2.12. The normalized spacial score (nSPS) is 14.9. The first kappa shape index (κ1) is 23.6. The number of halogens is 3. The number of rotatable bonds is 8. The van der Waals surface area contributed by atoms with Gasteiger partial charge in [0.1, 0.15) is 0 Å². The van der Waals surface area contributed by atoms with E-state index >= 15 is 0 Å². The van der Waals surface area contributed by atoms with E-state index in [9.17, 15) is 18.0 Å². The zero-order valence-electron chi connectivity index (χ0n) is 19.0. The van der Waals surface area contributed by atoms with Gasteiger partial charge in [-0.25, -0.2) is 11.6 Å². The summed E-state index contributed by atoms with van der Waals surface area (Å²) in [7, 11) is 0. The summed E-state index contributed by atoms with van der Waals surface area (Å²) >= 11 is 0. The summed E-state index contributed by atoms with van der Waals surface area (Å²) in [6, 6.07) is 7.32. The highest BCUT2D eigenvalue weighted by Crippen LogP contribution is 2.44. The molecule has 0 radical (unpaired) electrons. The van der Waals surface area contributed by atoms with Gasteiger partial charge in [-0.15, -0.1) is 0 Å². The largest absolute Gasteiger partial charge is 0.390 e. The van der Waals surface area contributed by atoms with Crippen LogP contribution in [0, 0.1) is 13.5 Å². The number of pyridine rings is 1. The topological polar surface area (TPSA) is 50.8 Å². The molecular formula is C26H25F3N4O. The van der Waals surface area contributed by atoms with E-state index in [4.69, 9.17) is 6.57 Å². The van der Waals surface area contributed by atoms with E-state index in [1.807, 2.05) is 48.7 Å². The molecule has 0 aliphatic heterocycles. The first-order valence-electron chi connectivity index (χ1n) is 11.1. The lowest BCUT2D eigenvalue weighted by Crippen LogP contribution is -2.15. The Labute approximate surface area is 196 Å². The average Bonchev–Trinajstić information content (AvgIpc) is 3.41. The minimum atomic E-state index is -4.24. The Bertz CT molecular complexity index is 1310. The number of alkyl halides is 3. The quantitative estimate of drug-likeness (QED) is 0.296. The molecule has 1 fully saturated rings. The van der Waals surface area contributed by atoms with Gasteiger partial charge >= 0.3 is 6.18 Å². The number of aromatic nitrogens is 2. The molecule has 0 atom stereocenters. The molecule has 5 nitrogen and oxygen atoms in total. The van der Waals surface area contributed by atoms with Crippen LogP contribution in [-0.4, -0.2) is 33.4 Å². The summed E-state index contributed by atoms with van der Waals surface area (Å²) in [6.07, 6.45) is 3.90. The molecule has 0 spiro atoms. The van der Waals surface area contributed by atoms with E-state index in [2.05, 4.69) is 15.1 Å². The van der Waals surface area contributed by atoms with Gasteiger partial charge in [-0.3, -0.25) is 9.20 Å². The van der Waals surface area contributed by atoms with Crippen molar-refractivity contribution in [2.75, 3.05) is 11.9 Å². The highest BCUT2D eigenvalue weighted by molar-refractivity contribution is 5.99. The van der Waals surface area contributed by atoms with Crippen LogP contribution in [0.3, 0.4) is 0 Å². The number of allylic oxidation sites excluding steroid dienone is 1. The molecule has 1 N–H and O–H groups in total. The van der Waals surface area contributed by atoms with Gasteiger partial charge in [0.15, 0.2) is 11.4 Å². The summed E-state index contributed by atoms with van der Waals surface area (Å²) in [5.74, 6) is -0.0257. The minimum absolute atomic E-state index is 0.0257. The van der Waals surface area contributed by atoms with E-state index in [0.29, 0.717) is 16.9 Å². The molecule has 2 aromatic heterocycles. The number of nitrogens with one attached hydrogen (secondary N) is 1. The van der Waals surface area contributed by atoms with Crippen LogP contribution < -0.4 is 5.32 Å². The second-order valence-electron chi connectivity index (χ2n) is 8.78. The zero-order chi connectivity index (χ0) is 24.5. The van der Waals surface area contributed by atoms with Gasteiger partial charge < -0.3 is 10.2 Å². The van der Waals surface area contributed by atoms with Crippen molar-refractivity contribution < 1.29 is 18.0 Å². The zero-order valence-corrected chi connectivity index (χ0v) is 19.0. The maximum absolute atomic E-state index is 12.8. The third kappa shape index (κ3) is 4.98. The molecule has 176 valence electrons. The number of carbonyl (C=O) groups excluding carboxylic acids is 1. The Morgan fingerprint density at radius 3 is 2.71 bits per heavy atom. The Kier molecular flexibility index (Phi) is 6.22. The molecular weight excluding hydrogens is 441 g/mol. The van der Waals surface area contributed by atoms with Crippen molar-refractivity contribution in [2.24, 2.45) is 0 Å². The van der Waals surface area contributed by atoms with Crippen LogP contribution in [0.15, 0.2) is 42.7 Å². The van der Waals surface area contributed by atoms with Crippen molar-refractivity contribution in [1.29, 1.82) is 0 Å². The Morgan fingerprint density at radius 1 is 1.32 bits per heavy atom. The minimum Gasteiger partial charge on any atom is -0.382 e.